The highest BCUT2D eigenvalue weighted by atomic mass is 32.2. The van der Waals surface area contributed by atoms with Gasteiger partial charge in [0.2, 0.25) is 10.0 Å². The number of anilines is 1. The number of aromatic nitrogens is 1. The van der Waals surface area contributed by atoms with Crippen LogP contribution < -0.4 is 10.5 Å². The first-order valence-electron chi connectivity index (χ1n) is 5.43. The lowest BCUT2D eigenvalue weighted by molar-refractivity contribution is 0.597. The molecule has 3 N–H and O–H groups in total. The highest BCUT2D eigenvalue weighted by Gasteiger charge is 2.08. The third kappa shape index (κ3) is 3.49. The summed E-state index contributed by atoms with van der Waals surface area (Å²) in [7, 11) is -3.73. The molecule has 0 unspecified atom stereocenters. The first kappa shape index (κ1) is 13.4. The summed E-state index contributed by atoms with van der Waals surface area (Å²) in [5.74, 6) is -0.353. The third-order valence-corrected chi connectivity index (χ3v) is 3.36. The molecule has 5 nitrogen and oxygen atoms in total. The second-order valence-corrected chi connectivity index (χ2v) is 5.44. The summed E-state index contributed by atoms with van der Waals surface area (Å²) in [4.78, 5) is 3.86. The van der Waals surface area contributed by atoms with Crippen LogP contribution >= 0.6 is 0 Å². The zero-order valence-corrected chi connectivity index (χ0v) is 10.7. The van der Waals surface area contributed by atoms with Crippen LogP contribution in [0.5, 0.6) is 0 Å². The van der Waals surface area contributed by atoms with Gasteiger partial charge < -0.3 is 5.32 Å². The number of hydrogen-bond acceptors (Lipinski definition) is 4. The van der Waals surface area contributed by atoms with Crippen molar-refractivity contribution in [2.45, 2.75) is 11.4 Å². The van der Waals surface area contributed by atoms with Crippen molar-refractivity contribution in [1.29, 1.82) is 0 Å². The highest BCUT2D eigenvalue weighted by Crippen LogP contribution is 2.13. The van der Waals surface area contributed by atoms with E-state index in [1.54, 1.807) is 12.1 Å². The van der Waals surface area contributed by atoms with E-state index in [0.29, 0.717) is 5.56 Å². The number of nitrogens with zero attached hydrogens (tertiary/aromatic N) is 1. The molecule has 19 heavy (non-hydrogen) atoms. The van der Waals surface area contributed by atoms with Crippen LogP contribution in [0.3, 0.4) is 0 Å². The molecule has 0 saturated carbocycles. The van der Waals surface area contributed by atoms with Gasteiger partial charge in [-0.05, 0) is 29.8 Å². The average Bonchev–Trinajstić information content (AvgIpc) is 2.37. The van der Waals surface area contributed by atoms with E-state index >= 15 is 0 Å². The minimum Gasteiger partial charge on any atom is -0.364 e. The maximum absolute atomic E-state index is 13.3. The standard InChI is InChI=1S/C12H12FN3O2S/c13-11-5-2-6-15-12(11)16-8-9-3-1-4-10(7-9)19(14,17)18/h1-7H,8H2,(H,15,16)(H2,14,17,18). The third-order valence-electron chi connectivity index (χ3n) is 2.45. The number of nitrogens with one attached hydrogen (secondary N) is 1. The van der Waals surface area contributed by atoms with Gasteiger partial charge in [0.15, 0.2) is 11.6 Å². The monoisotopic (exact) mass is 281 g/mol. The van der Waals surface area contributed by atoms with Crippen molar-refractivity contribution in [3.8, 4) is 0 Å². The predicted octanol–water partition coefficient (Wildman–Crippen LogP) is 1.48. The van der Waals surface area contributed by atoms with E-state index in [9.17, 15) is 12.8 Å². The maximum Gasteiger partial charge on any atom is 0.238 e. The van der Waals surface area contributed by atoms with Crippen LogP contribution in [-0.4, -0.2) is 13.4 Å². The Labute approximate surface area is 110 Å². The second kappa shape index (κ2) is 5.33. The normalized spacial score (nSPS) is 11.3. The van der Waals surface area contributed by atoms with Gasteiger partial charge in [-0.3, -0.25) is 0 Å². The van der Waals surface area contributed by atoms with E-state index in [1.165, 1.54) is 30.5 Å². The molecule has 0 saturated heterocycles. The minimum absolute atomic E-state index is 0.0216. The van der Waals surface area contributed by atoms with Crippen LogP contribution in [0.2, 0.25) is 0 Å². The van der Waals surface area contributed by atoms with Crippen LogP contribution in [0.4, 0.5) is 10.2 Å². The first-order chi connectivity index (χ1) is 8.97. The summed E-state index contributed by atoms with van der Waals surface area (Å²) < 4.78 is 35.7. The van der Waals surface area contributed by atoms with Crippen molar-refractivity contribution in [2.75, 3.05) is 5.32 Å². The molecule has 0 bridgehead atoms. The number of pyridine rings is 1. The van der Waals surface area contributed by atoms with Crippen molar-refractivity contribution in [1.82, 2.24) is 4.98 Å². The Hall–Kier alpha value is -1.99. The van der Waals surface area contributed by atoms with E-state index in [0.717, 1.165) is 0 Å². The van der Waals surface area contributed by atoms with E-state index in [1.807, 2.05) is 0 Å². The average molecular weight is 281 g/mol. The van der Waals surface area contributed by atoms with Crippen molar-refractivity contribution in [3.05, 3.63) is 54.0 Å². The summed E-state index contributed by atoms with van der Waals surface area (Å²) in [5.41, 5.74) is 0.663. The Morgan fingerprint density at radius 2 is 2.05 bits per heavy atom. The molecule has 0 aliphatic rings. The summed E-state index contributed by atoms with van der Waals surface area (Å²) in [5, 5.41) is 7.82. The van der Waals surface area contributed by atoms with Crippen LogP contribution in [0.15, 0.2) is 47.5 Å². The fourth-order valence-corrected chi connectivity index (χ4v) is 2.12. The van der Waals surface area contributed by atoms with Crippen LogP contribution in [0, 0.1) is 5.82 Å². The Morgan fingerprint density at radius 1 is 1.26 bits per heavy atom. The fraction of sp³-hybridized carbons (Fsp3) is 0.0833. The number of sulfonamides is 1. The number of primary sulfonamides is 1. The molecule has 0 aliphatic carbocycles. The lowest BCUT2D eigenvalue weighted by atomic mass is 10.2. The molecular weight excluding hydrogens is 269 g/mol. The Bertz CT molecular complexity index is 689. The van der Waals surface area contributed by atoms with Crippen molar-refractivity contribution in [3.63, 3.8) is 0 Å². The summed E-state index contributed by atoms with van der Waals surface area (Å²) in [6.07, 6.45) is 1.46. The fourth-order valence-electron chi connectivity index (χ4n) is 1.53. The SMILES string of the molecule is NS(=O)(=O)c1cccc(CNc2ncccc2F)c1. The van der Waals surface area contributed by atoms with Gasteiger partial charge in [-0.2, -0.15) is 0 Å². The number of benzene rings is 1. The quantitative estimate of drug-likeness (QED) is 0.889. The molecule has 1 aromatic heterocycles. The molecule has 1 aromatic carbocycles. The molecule has 2 aromatic rings. The molecule has 0 fully saturated rings. The van der Waals surface area contributed by atoms with Crippen LogP contribution in [-0.2, 0) is 16.6 Å². The molecule has 7 heteroatoms. The van der Waals surface area contributed by atoms with Crippen LogP contribution in [0.25, 0.3) is 0 Å². The summed E-state index contributed by atoms with van der Waals surface area (Å²) in [6.45, 7) is 0.247. The molecule has 0 atom stereocenters. The number of hydrogen-bond donors (Lipinski definition) is 2. The lowest BCUT2D eigenvalue weighted by Crippen LogP contribution is -2.12. The van der Waals surface area contributed by atoms with Gasteiger partial charge in [-0.15, -0.1) is 0 Å². The molecule has 100 valence electrons. The number of halogens is 1. The smallest absolute Gasteiger partial charge is 0.238 e. The van der Waals surface area contributed by atoms with E-state index in [-0.39, 0.29) is 17.3 Å². The van der Waals surface area contributed by atoms with Crippen LogP contribution in [0.1, 0.15) is 5.56 Å². The van der Waals surface area contributed by atoms with Crippen molar-refractivity contribution in [2.24, 2.45) is 5.14 Å². The topological polar surface area (TPSA) is 85.1 Å². The summed E-state index contributed by atoms with van der Waals surface area (Å²) in [6, 6.07) is 8.90. The molecule has 1 heterocycles. The number of rotatable bonds is 4. The highest BCUT2D eigenvalue weighted by molar-refractivity contribution is 7.89. The van der Waals surface area contributed by atoms with Crippen molar-refractivity contribution < 1.29 is 12.8 Å². The van der Waals surface area contributed by atoms with E-state index in [2.05, 4.69) is 10.3 Å². The van der Waals surface area contributed by atoms with E-state index < -0.39 is 15.8 Å². The van der Waals surface area contributed by atoms with Gasteiger partial charge in [0, 0.05) is 12.7 Å². The second-order valence-electron chi connectivity index (χ2n) is 3.88. The van der Waals surface area contributed by atoms with Crippen molar-refractivity contribution >= 4 is 15.8 Å². The van der Waals surface area contributed by atoms with Gasteiger partial charge in [0.1, 0.15) is 0 Å². The van der Waals surface area contributed by atoms with E-state index in [4.69, 9.17) is 5.14 Å². The lowest BCUT2D eigenvalue weighted by Gasteiger charge is -2.07. The molecule has 0 spiro atoms. The van der Waals surface area contributed by atoms with Gasteiger partial charge in [0.05, 0.1) is 4.90 Å². The minimum atomic E-state index is -3.73. The maximum atomic E-state index is 13.3. The first-order valence-corrected chi connectivity index (χ1v) is 6.97. The predicted molar refractivity (Wildman–Crippen MR) is 69.3 cm³/mol. The zero-order valence-electron chi connectivity index (χ0n) is 9.88. The summed E-state index contributed by atoms with van der Waals surface area (Å²) >= 11 is 0. The molecule has 2 rings (SSSR count). The molecular formula is C12H12FN3O2S. The van der Waals surface area contributed by atoms with Gasteiger partial charge in [0.25, 0.3) is 0 Å². The molecule has 0 amide bonds. The van der Waals surface area contributed by atoms with Gasteiger partial charge in [-0.25, -0.2) is 22.9 Å². The Kier molecular flexibility index (Phi) is 3.77. The van der Waals surface area contributed by atoms with Gasteiger partial charge in [-0.1, -0.05) is 12.1 Å². The Balaban J connectivity index is 2.15. The Morgan fingerprint density at radius 3 is 2.74 bits per heavy atom. The zero-order chi connectivity index (χ0) is 13.9. The number of nitrogens with two attached hydrogens (primary N) is 1. The van der Waals surface area contributed by atoms with Gasteiger partial charge >= 0.3 is 0 Å². The molecule has 0 aliphatic heterocycles. The largest absolute Gasteiger partial charge is 0.364 e. The molecule has 0 radical (unpaired) electrons.